The van der Waals surface area contributed by atoms with Crippen LogP contribution in [0.5, 0.6) is 0 Å². The Labute approximate surface area is 120 Å². The van der Waals surface area contributed by atoms with E-state index in [9.17, 15) is 9.90 Å². The second-order valence-electron chi connectivity index (χ2n) is 7.95. The van der Waals surface area contributed by atoms with Crippen molar-refractivity contribution in [1.82, 2.24) is 0 Å². The average Bonchev–Trinajstić information content (AvgIpc) is 2.22. The van der Waals surface area contributed by atoms with Crippen LogP contribution in [-0.2, 0) is 14.3 Å². The highest BCUT2D eigenvalue weighted by molar-refractivity contribution is 5.81. The number of hydrogen-bond acceptors (Lipinski definition) is 4. The first-order valence-corrected chi connectivity index (χ1v) is 7.36. The van der Waals surface area contributed by atoms with Gasteiger partial charge in [0.1, 0.15) is 12.4 Å². The van der Waals surface area contributed by atoms with Crippen molar-refractivity contribution in [3.05, 3.63) is 12.7 Å². The molecule has 4 aliphatic carbocycles. The van der Waals surface area contributed by atoms with Crippen molar-refractivity contribution in [3.63, 3.8) is 0 Å². The van der Waals surface area contributed by atoms with Crippen LogP contribution in [0, 0.1) is 10.8 Å². The topological polar surface area (TPSA) is 55.8 Å². The van der Waals surface area contributed by atoms with Crippen molar-refractivity contribution in [2.24, 2.45) is 10.8 Å². The van der Waals surface area contributed by atoms with Gasteiger partial charge in [-0.25, -0.2) is 4.79 Å². The van der Waals surface area contributed by atoms with Crippen LogP contribution in [0.3, 0.4) is 0 Å². The molecule has 20 heavy (non-hydrogen) atoms. The summed E-state index contributed by atoms with van der Waals surface area (Å²) in [4.78, 5) is 11.7. The van der Waals surface area contributed by atoms with Crippen LogP contribution < -0.4 is 0 Å². The molecule has 4 fully saturated rings. The Morgan fingerprint density at radius 2 is 1.65 bits per heavy atom. The Morgan fingerprint density at radius 1 is 1.10 bits per heavy atom. The van der Waals surface area contributed by atoms with Gasteiger partial charge in [0.05, 0.1) is 5.60 Å². The smallest absolute Gasteiger partial charge is 0.330 e. The number of carbonyl (C=O) groups excluding carboxylic acids is 1. The van der Waals surface area contributed by atoms with Crippen LogP contribution in [0.15, 0.2) is 12.7 Å². The number of ether oxygens (including phenoxy) is 2. The fraction of sp³-hybridized carbons (Fsp3) is 0.812. The summed E-state index contributed by atoms with van der Waals surface area (Å²) >= 11 is 0. The maximum atomic E-state index is 11.7. The molecule has 0 radical (unpaired) electrons. The number of carbonyl (C=O) groups is 1. The van der Waals surface area contributed by atoms with Crippen LogP contribution in [0.4, 0.5) is 0 Å². The number of aliphatic hydroxyl groups is 1. The highest BCUT2D eigenvalue weighted by Crippen LogP contribution is 2.69. The predicted octanol–water partition coefficient (Wildman–Crippen LogP) is 2.55. The lowest BCUT2D eigenvalue weighted by molar-refractivity contribution is -0.284. The number of esters is 1. The minimum atomic E-state index is -0.446. The van der Waals surface area contributed by atoms with Crippen molar-refractivity contribution in [3.8, 4) is 0 Å². The van der Waals surface area contributed by atoms with Crippen LogP contribution in [0.25, 0.3) is 0 Å². The third-order valence-electron chi connectivity index (χ3n) is 5.35. The quantitative estimate of drug-likeness (QED) is 0.488. The Balaban J connectivity index is 1.97. The molecule has 0 saturated heterocycles. The maximum absolute atomic E-state index is 11.7. The zero-order valence-corrected chi connectivity index (χ0v) is 12.4. The van der Waals surface area contributed by atoms with Gasteiger partial charge in [0.25, 0.3) is 0 Å². The molecule has 2 unspecified atom stereocenters. The fourth-order valence-electron chi connectivity index (χ4n) is 6.13. The summed E-state index contributed by atoms with van der Waals surface area (Å²) in [6.45, 7) is 7.75. The Hall–Kier alpha value is -0.870. The van der Waals surface area contributed by atoms with Crippen LogP contribution in [0.2, 0.25) is 0 Å². The van der Waals surface area contributed by atoms with E-state index in [1.807, 2.05) is 0 Å². The lowest BCUT2D eigenvalue weighted by Gasteiger charge is -2.67. The largest absolute Gasteiger partial charge is 0.456 e. The average molecular weight is 280 g/mol. The molecule has 4 heteroatoms. The first kappa shape index (κ1) is 14.1. The molecule has 4 saturated carbocycles. The minimum Gasteiger partial charge on any atom is -0.456 e. The zero-order valence-electron chi connectivity index (χ0n) is 12.4. The molecule has 0 spiro atoms. The van der Waals surface area contributed by atoms with Crippen molar-refractivity contribution in [1.29, 1.82) is 0 Å². The van der Waals surface area contributed by atoms with Gasteiger partial charge in [-0.1, -0.05) is 20.4 Å². The molecule has 1 N–H and O–H groups in total. The first-order valence-electron chi connectivity index (χ1n) is 7.36. The lowest BCUT2D eigenvalue weighted by atomic mass is 9.42. The number of hydrogen-bond donors (Lipinski definition) is 1. The van der Waals surface area contributed by atoms with Crippen molar-refractivity contribution >= 4 is 5.97 Å². The number of aliphatic hydroxyl groups excluding tert-OH is 1. The van der Waals surface area contributed by atoms with E-state index >= 15 is 0 Å². The molecule has 0 aliphatic heterocycles. The summed E-state index contributed by atoms with van der Waals surface area (Å²) in [5.74, 6) is -0.349. The zero-order chi connectivity index (χ0) is 14.6. The van der Waals surface area contributed by atoms with Crippen LogP contribution in [0.1, 0.15) is 52.4 Å². The fourth-order valence-corrected chi connectivity index (χ4v) is 6.13. The standard InChI is InChI=1S/C16H24O4/c1-4-12(18)20-16-8-13(2)5-14(3,9-16)7-15(6-13,10-16)19-11-17/h4,17H,1,5-11H2,2-3H3. The highest BCUT2D eigenvalue weighted by Gasteiger charge is 2.67. The van der Waals surface area contributed by atoms with E-state index in [1.165, 1.54) is 6.08 Å². The van der Waals surface area contributed by atoms with Gasteiger partial charge in [-0.05, 0) is 42.9 Å². The van der Waals surface area contributed by atoms with E-state index in [0.717, 1.165) is 32.1 Å². The third-order valence-corrected chi connectivity index (χ3v) is 5.35. The van der Waals surface area contributed by atoms with Gasteiger partial charge >= 0.3 is 5.97 Å². The Bertz CT molecular complexity index is 437. The SMILES string of the molecule is C=CC(=O)OC12CC3(C)CC(C)(CC(OCO)(C3)C1)C2. The molecule has 0 heterocycles. The normalized spacial score (nSPS) is 49.1. The molecule has 2 atom stereocenters. The van der Waals surface area contributed by atoms with E-state index in [-0.39, 0.29) is 29.2 Å². The summed E-state index contributed by atoms with van der Waals surface area (Å²) in [7, 11) is 0. The molecular formula is C16H24O4. The van der Waals surface area contributed by atoms with E-state index in [4.69, 9.17) is 9.47 Å². The molecule has 4 bridgehead atoms. The second-order valence-corrected chi connectivity index (χ2v) is 7.95. The first-order chi connectivity index (χ1) is 9.26. The van der Waals surface area contributed by atoms with Crippen LogP contribution in [-0.4, -0.2) is 29.1 Å². The van der Waals surface area contributed by atoms with Crippen molar-refractivity contribution in [2.45, 2.75) is 63.6 Å². The molecule has 4 rings (SSSR count). The molecule has 112 valence electrons. The van der Waals surface area contributed by atoms with Crippen molar-refractivity contribution < 1.29 is 19.4 Å². The molecule has 0 amide bonds. The molecular weight excluding hydrogens is 256 g/mol. The summed E-state index contributed by atoms with van der Waals surface area (Å²) in [6.07, 6.45) is 6.77. The number of rotatable bonds is 4. The van der Waals surface area contributed by atoms with Gasteiger partial charge in [-0.3, -0.25) is 0 Å². The summed E-state index contributed by atoms with van der Waals surface area (Å²) in [6, 6.07) is 0. The van der Waals surface area contributed by atoms with Gasteiger partial charge in [-0.15, -0.1) is 0 Å². The monoisotopic (exact) mass is 280 g/mol. The van der Waals surface area contributed by atoms with E-state index in [1.54, 1.807) is 0 Å². The summed E-state index contributed by atoms with van der Waals surface area (Å²) in [5, 5.41) is 9.26. The van der Waals surface area contributed by atoms with Crippen LogP contribution >= 0.6 is 0 Å². The van der Waals surface area contributed by atoms with Gasteiger partial charge in [-0.2, -0.15) is 0 Å². The predicted molar refractivity (Wildman–Crippen MR) is 73.8 cm³/mol. The Morgan fingerprint density at radius 3 is 2.15 bits per heavy atom. The van der Waals surface area contributed by atoms with Gasteiger partial charge < -0.3 is 14.6 Å². The van der Waals surface area contributed by atoms with Gasteiger partial charge in [0.2, 0.25) is 0 Å². The molecule has 0 aromatic carbocycles. The molecule has 0 aromatic heterocycles. The lowest BCUT2D eigenvalue weighted by Crippen LogP contribution is -2.67. The van der Waals surface area contributed by atoms with E-state index in [2.05, 4.69) is 20.4 Å². The molecule has 4 nitrogen and oxygen atoms in total. The van der Waals surface area contributed by atoms with Gasteiger partial charge in [0.15, 0.2) is 0 Å². The summed E-state index contributed by atoms with van der Waals surface area (Å²) < 4.78 is 11.5. The molecule has 4 aliphatic rings. The van der Waals surface area contributed by atoms with E-state index in [0.29, 0.717) is 6.42 Å². The van der Waals surface area contributed by atoms with E-state index < -0.39 is 5.60 Å². The Kier molecular flexibility index (Phi) is 2.87. The second kappa shape index (κ2) is 4.08. The molecule has 0 aromatic rings. The van der Waals surface area contributed by atoms with Gasteiger partial charge in [0, 0.05) is 12.5 Å². The summed E-state index contributed by atoms with van der Waals surface area (Å²) in [5.41, 5.74) is -0.534. The van der Waals surface area contributed by atoms with Crippen molar-refractivity contribution in [2.75, 3.05) is 6.79 Å². The highest BCUT2D eigenvalue weighted by atomic mass is 16.6. The maximum Gasteiger partial charge on any atom is 0.330 e. The minimum absolute atomic E-state index is 0.125. The third kappa shape index (κ3) is 2.09.